The second kappa shape index (κ2) is 9.27. The van der Waals surface area contributed by atoms with Gasteiger partial charge in [0.05, 0.1) is 6.54 Å². The molecule has 0 fully saturated rings. The Morgan fingerprint density at radius 3 is 2.46 bits per heavy atom. The Labute approximate surface area is 155 Å². The lowest BCUT2D eigenvalue weighted by Gasteiger charge is -2.04. The Bertz CT molecular complexity index is 810. The molecule has 0 unspecified atom stereocenters. The predicted octanol–water partition coefficient (Wildman–Crippen LogP) is 3.00. The molecule has 2 N–H and O–H groups in total. The molecule has 0 bridgehead atoms. The number of hydrogen-bond donors (Lipinski definition) is 2. The van der Waals surface area contributed by atoms with Gasteiger partial charge in [-0.2, -0.15) is 15.0 Å². The number of benzene rings is 2. The van der Waals surface area contributed by atoms with Crippen LogP contribution < -0.4 is 10.6 Å². The molecule has 0 amide bonds. The van der Waals surface area contributed by atoms with Gasteiger partial charge in [0.15, 0.2) is 0 Å². The molecule has 5 heteroatoms. The molecular formula is C21H27N5. The molecule has 0 aliphatic heterocycles. The summed E-state index contributed by atoms with van der Waals surface area (Å²) in [5.74, 6) is 0. The number of hydrogen-bond acceptors (Lipinski definition) is 4. The highest BCUT2D eigenvalue weighted by Gasteiger charge is 2.13. The highest BCUT2D eigenvalue weighted by atomic mass is 15.5. The molecule has 26 heavy (non-hydrogen) atoms. The standard InChI is InChI=1S/C21H27N5/c1-17-9-6-7-12-19(17)16-26-24-20(15-23-14-8-13-22-2)21(25-26)18-10-4-3-5-11-18/h3-7,9-12,22-23H,8,13-16H2,1-2H3. The molecule has 3 aromatic rings. The summed E-state index contributed by atoms with van der Waals surface area (Å²) in [6.45, 7) is 5.51. The molecule has 0 saturated carbocycles. The van der Waals surface area contributed by atoms with Crippen molar-refractivity contribution in [3.05, 3.63) is 71.4 Å². The van der Waals surface area contributed by atoms with Gasteiger partial charge in [-0.15, -0.1) is 0 Å². The van der Waals surface area contributed by atoms with Crippen molar-refractivity contribution in [2.75, 3.05) is 20.1 Å². The van der Waals surface area contributed by atoms with Crippen molar-refractivity contribution in [1.82, 2.24) is 25.6 Å². The normalized spacial score (nSPS) is 11.0. The van der Waals surface area contributed by atoms with Crippen LogP contribution in [0.1, 0.15) is 23.2 Å². The molecule has 136 valence electrons. The molecule has 5 nitrogen and oxygen atoms in total. The number of aryl methyl sites for hydroxylation is 1. The van der Waals surface area contributed by atoms with Crippen molar-refractivity contribution in [1.29, 1.82) is 0 Å². The zero-order chi connectivity index (χ0) is 18.2. The number of nitrogens with one attached hydrogen (secondary N) is 2. The summed E-state index contributed by atoms with van der Waals surface area (Å²) >= 11 is 0. The van der Waals surface area contributed by atoms with Crippen LogP contribution in [0.25, 0.3) is 11.3 Å². The lowest BCUT2D eigenvalue weighted by Crippen LogP contribution is -2.20. The van der Waals surface area contributed by atoms with Crippen molar-refractivity contribution < 1.29 is 0 Å². The Morgan fingerprint density at radius 1 is 0.923 bits per heavy atom. The second-order valence-corrected chi connectivity index (χ2v) is 6.45. The van der Waals surface area contributed by atoms with E-state index >= 15 is 0 Å². The van der Waals surface area contributed by atoms with Crippen molar-refractivity contribution in [2.24, 2.45) is 0 Å². The molecule has 0 saturated heterocycles. The van der Waals surface area contributed by atoms with Crippen LogP contribution in [-0.2, 0) is 13.1 Å². The van der Waals surface area contributed by atoms with Crippen molar-refractivity contribution in [2.45, 2.75) is 26.4 Å². The fourth-order valence-corrected chi connectivity index (χ4v) is 2.93. The summed E-state index contributed by atoms with van der Waals surface area (Å²) in [6, 6.07) is 18.7. The maximum atomic E-state index is 4.79. The summed E-state index contributed by atoms with van der Waals surface area (Å²) in [4.78, 5) is 1.81. The third-order valence-electron chi connectivity index (χ3n) is 4.42. The summed E-state index contributed by atoms with van der Waals surface area (Å²) < 4.78 is 0. The van der Waals surface area contributed by atoms with Gasteiger partial charge in [0, 0.05) is 12.1 Å². The first-order chi connectivity index (χ1) is 12.8. The molecular weight excluding hydrogens is 322 g/mol. The van der Waals surface area contributed by atoms with Gasteiger partial charge in [0.1, 0.15) is 11.4 Å². The van der Waals surface area contributed by atoms with Crippen LogP contribution in [0.4, 0.5) is 0 Å². The van der Waals surface area contributed by atoms with Crippen molar-refractivity contribution in [3.8, 4) is 11.3 Å². The molecule has 0 spiro atoms. The zero-order valence-electron chi connectivity index (χ0n) is 15.6. The van der Waals surface area contributed by atoms with Crippen LogP contribution in [0.15, 0.2) is 54.6 Å². The Balaban J connectivity index is 1.79. The fourth-order valence-electron chi connectivity index (χ4n) is 2.93. The lowest BCUT2D eigenvalue weighted by molar-refractivity contribution is 0.570. The molecule has 0 atom stereocenters. The third kappa shape index (κ3) is 4.77. The highest BCUT2D eigenvalue weighted by molar-refractivity contribution is 5.60. The molecule has 1 aromatic heterocycles. The molecule has 0 aliphatic carbocycles. The van der Waals surface area contributed by atoms with Gasteiger partial charge in [-0.25, -0.2) is 0 Å². The van der Waals surface area contributed by atoms with E-state index in [0.29, 0.717) is 6.54 Å². The largest absolute Gasteiger partial charge is 0.320 e. The Morgan fingerprint density at radius 2 is 1.69 bits per heavy atom. The average molecular weight is 349 g/mol. The van der Waals surface area contributed by atoms with Crippen LogP contribution in [0.3, 0.4) is 0 Å². The molecule has 1 heterocycles. The summed E-state index contributed by atoms with van der Waals surface area (Å²) in [7, 11) is 1.98. The minimum atomic E-state index is 0.687. The average Bonchev–Trinajstić information content (AvgIpc) is 3.07. The van der Waals surface area contributed by atoms with Gasteiger partial charge in [-0.3, -0.25) is 0 Å². The van der Waals surface area contributed by atoms with E-state index in [1.807, 2.05) is 30.0 Å². The predicted molar refractivity (Wildman–Crippen MR) is 106 cm³/mol. The van der Waals surface area contributed by atoms with Crippen LogP contribution >= 0.6 is 0 Å². The van der Waals surface area contributed by atoms with Gasteiger partial charge in [-0.05, 0) is 44.6 Å². The first-order valence-corrected chi connectivity index (χ1v) is 9.17. The van der Waals surface area contributed by atoms with E-state index in [4.69, 9.17) is 10.2 Å². The molecule has 2 aromatic carbocycles. The number of rotatable bonds is 9. The first kappa shape index (κ1) is 18.3. The van der Waals surface area contributed by atoms with Gasteiger partial charge in [-0.1, -0.05) is 54.6 Å². The highest BCUT2D eigenvalue weighted by Crippen LogP contribution is 2.20. The smallest absolute Gasteiger partial charge is 0.117 e. The van der Waals surface area contributed by atoms with E-state index in [0.717, 1.165) is 43.0 Å². The van der Waals surface area contributed by atoms with Crippen molar-refractivity contribution in [3.63, 3.8) is 0 Å². The Kier molecular flexibility index (Phi) is 6.52. The minimum absolute atomic E-state index is 0.687. The third-order valence-corrected chi connectivity index (χ3v) is 4.42. The topological polar surface area (TPSA) is 54.8 Å². The lowest BCUT2D eigenvalue weighted by atomic mass is 10.1. The second-order valence-electron chi connectivity index (χ2n) is 6.45. The van der Waals surface area contributed by atoms with E-state index in [9.17, 15) is 0 Å². The van der Waals surface area contributed by atoms with E-state index in [1.165, 1.54) is 11.1 Å². The van der Waals surface area contributed by atoms with E-state index in [-0.39, 0.29) is 0 Å². The molecule has 3 rings (SSSR count). The number of aromatic nitrogens is 3. The zero-order valence-corrected chi connectivity index (χ0v) is 15.6. The monoisotopic (exact) mass is 349 g/mol. The SMILES string of the molecule is CNCCCNCc1nn(Cc2ccccc2C)nc1-c1ccccc1. The van der Waals surface area contributed by atoms with Crippen molar-refractivity contribution >= 4 is 0 Å². The molecule has 0 radical (unpaired) electrons. The summed E-state index contributed by atoms with van der Waals surface area (Å²) in [5, 5.41) is 16.2. The fraction of sp³-hybridized carbons (Fsp3) is 0.333. The summed E-state index contributed by atoms with van der Waals surface area (Å²) in [6.07, 6.45) is 1.09. The van der Waals surface area contributed by atoms with Gasteiger partial charge < -0.3 is 10.6 Å². The van der Waals surface area contributed by atoms with E-state index in [1.54, 1.807) is 0 Å². The summed E-state index contributed by atoms with van der Waals surface area (Å²) in [5.41, 5.74) is 5.57. The van der Waals surface area contributed by atoms with E-state index in [2.05, 4.69) is 54.0 Å². The number of nitrogens with zero attached hydrogens (tertiary/aromatic N) is 3. The Hall–Kier alpha value is -2.50. The maximum absolute atomic E-state index is 4.79. The minimum Gasteiger partial charge on any atom is -0.320 e. The van der Waals surface area contributed by atoms with Gasteiger partial charge in [0.2, 0.25) is 0 Å². The first-order valence-electron chi connectivity index (χ1n) is 9.17. The van der Waals surface area contributed by atoms with Crippen LogP contribution in [0.5, 0.6) is 0 Å². The molecule has 0 aliphatic rings. The van der Waals surface area contributed by atoms with Crippen LogP contribution in [-0.4, -0.2) is 35.1 Å². The van der Waals surface area contributed by atoms with Crippen LogP contribution in [0.2, 0.25) is 0 Å². The van der Waals surface area contributed by atoms with Gasteiger partial charge in [0.25, 0.3) is 0 Å². The van der Waals surface area contributed by atoms with Gasteiger partial charge >= 0.3 is 0 Å². The van der Waals surface area contributed by atoms with E-state index < -0.39 is 0 Å². The maximum Gasteiger partial charge on any atom is 0.117 e. The quantitative estimate of drug-likeness (QED) is 0.583. The van der Waals surface area contributed by atoms with Crippen LogP contribution in [0, 0.1) is 6.92 Å².